The van der Waals surface area contributed by atoms with Crippen LogP contribution in [0.3, 0.4) is 0 Å². The van der Waals surface area contributed by atoms with Gasteiger partial charge < -0.3 is 0 Å². The molecule has 0 saturated heterocycles. The Bertz CT molecular complexity index is 571. The molecule has 0 bridgehead atoms. The molecule has 2 rings (SSSR count). The van der Waals surface area contributed by atoms with Gasteiger partial charge in [0.1, 0.15) is 0 Å². The van der Waals surface area contributed by atoms with Crippen LogP contribution < -0.4 is 9.67 Å². The van der Waals surface area contributed by atoms with Crippen molar-refractivity contribution in [2.45, 2.75) is 6.54 Å². The molecule has 0 unspecified atom stereocenters. The summed E-state index contributed by atoms with van der Waals surface area (Å²) >= 11 is 8.45. The third-order valence-corrected chi connectivity index (χ3v) is 3.46. The molecule has 2 radical (unpaired) electrons. The molecule has 0 aliphatic carbocycles. The van der Waals surface area contributed by atoms with Crippen molar-refractivity contribution < 1.29 is 4.79 Å². The molecular formula is C14H11AsClNO. The molecule has 0 aliphatic heterocycles. The van der Waals surface area contributed by atoms with Crippen LogP contribution in [0.5, 0.6) is 0 Å². The molecule has 0 saturated carbocycles. The number of halogens is 1. The van der Waals surface area contributed by atoms with Gasteiger partial charge in [-0.05, 0) is 0 Å². The van der Waals surface area contributed by atoms with E-state index in [1.807, 2.05) is 42.5 Å². The van der Waals surface area contributed by atoms with E-state index in [0.717, 1.165) is 9.91 Å². The van der Waals surface area contributed by atoms with E-state index < -0.39 is 0 Å². The molecule has 90 valence electrons. The Morgan fingerprint density at radius 3 is 2.67 bits per heavy atom. The first-order chi connectivity index (χ1) is 8.66. The van der Waals surface area contributed by atoms with Gasteiger partial charge in [-0.15, -0.1) is 0 Å². The Morgan fingerprint density at radius 2 is 1.94 bits per heavy atom. The van der Waals surface area contributed by atoms with E-state index in [4.69, 9.17) is 11.6 Å². The van der Waals surface area contributed by atoms with E-state index >= 15 is 0 Å². The molecule has 0 atom stereocenters. The van der Waals surface area contributed by atoms with Gasteiger partial charge in [-0.3, -0.25) is 0 Å². The number of rotatable bonds is 3. The summed E-state index contributed by atoms with van der Waals surface area (Å²) in [6.07, 6.45) is 0. The van der Waals surface area contributed by atoms with Crippen LogP contribution in [0.2, 0.25) is 5.02 Å². The van der Waals surface area contributed by atoms with E-state index in [1.54, 1.807) is 6.07 Å². The Balaban J connectivity index is 2.03. The summed E-state index contributed by atoms with van der Waals surface area (Å²) in [6, 6.07) is 14.9. The summed E-state index contributed by atoms with van der Waals surface area (Å²) in [5.41, 5.74) is 1.57. The third-order valence-electron chi connectivity index (χ3n) is 2.51. The molecule has 0 aromatic heterocycles. The quantitative estimate of drug-likeness (QED) is 0.862. The summed E-state index contributed by atoms with van der Waals surface area (Å²) < 4.78 is 1.01. The summed E-state index contributed by atoms with van der Waals surface area (Å²) in [5.74, 6) is -0.0946. The number of amides is 1. The molecule has 2 aromatic carbocycles. The van der Waals surface area contributed by atoms with Gasteiger partial charge in [0, 0.05) is 0 Å². The van der Waals surface area contributed by atoms with Crippen molar-refractivity contribution in [3.63, 3.8) is 0 Å². The van der Waals surface area contributed by atoms with Crippen LogP contribution in [-0.2, 0) is 6.54 Å². The van der Waals surface area contributed by atoms with Gasteiger partial charge in [0.15, 0.2) is 0 Å². The fourth-order valence-electron chi connectivity index (χ4n) is 1.57. The first-order valence-corrected chi connectivity index (χ1v) is 6.79. The van der Waals surface area contributed by atoms with E-state index in [-0.39, 0.29) is 5.91 Å². The molecule has 0 aliphatic rings. The minimum absolute atomic E-state index is 0.0946. The molecule has 2 nitrogen and oxygen atoms in total. The van der Waals surface area contributed by atoms with E-state index in [1.165, 1.54) is 0 Å². The second kappa shape index (κ2) is 6.08. The van der Waals surface area contributed by atoms with Crippen molar-refractivity contribution in [1.82, 2.24) is 5.32 Å². The van der Waals surface area contributed by atoms with Crippen LogP contribution in [0.1, 0.15) is 15.9 Å². The maximum absolute atomic E-state index is 11.9. The predicted molar refractivity (Wildman–Crippen MR) is 74.5 cm³/mol. The van der Waals surface area contributed by atoms with Crippen LogP contribution in [-0.4, -0.2) is 22.8 Å². The molecule has 1 N–H and O–H groups in total. The minimum atomic E-state index is -0.0946. The predicted octanol–water partition coefficient (Wildman–Crippen LogP) is 2.06. The molecule has 18 heavy (non-hydrogen) atoms. The molecule has 0 heterocycles. The summed E-state index contributed by atoms with van der Waals surface area (Å²) in [5, 5.41) is 3.52. The molecule has 2 aromatic rings. The SMILES string of the molecule is O=C(NCc1ccccc1Cl)c1cccc([As])c1. The molecule has 1 amide bonds. The number of hydrogen-bond donors (Lipinski definition) is 1. The molecule has 0 fully saturated rings. The zero-order valence-electron chi connectivity index (χ0n) is 9.56. The molecule has 0 spiro atoms. The Morgan fingerprint density at radius 1 is 1.17 bits per heavy atom. The Kier molecular flexibility index (Phi) is 4.46. The van der Waals surface area contributed by atoms with Crippen molar-refractivity contribution in [2.75, 3.05) is 0 Å². The number of benzene rings is 2. The monoisotopic (exact) mass is 319 g/mol. The summed E-state index contributed by atoms with van der Waals surface area (Å²) in [4.78, 5) is 11.9. The number of carbonyl (C=O) groups is 1. The average Bonchev–Trinajstić information content (AvgIpc) is 2.37. The average molecular weight is 320 g/mol. The van der Waals surface area contributed by atoms with E-state index in [0.29, 0.717) is 17.1 Å². The zero-order valence-corrected chi connectivity index (χ0v) is 12.2. The van der Waals surface area contributed by atoms with Crippen molar-refractivity contribution in [2.24, 2.45) is 0 Å². The fourth-order valence-corrected chi connectivity index (χ4v) is 2.24. The zero-order chi connectivity index (χ0) is 13.0. The van der Waals surface area contributed by atoms with Crippen LogP contribution in [0, 0.1) is 0 Å². The van der Waals surface area contributed by atoms with Crippen molar-refractivity contribution in [3.05, 3.63) is 64.7 Å². The first-order valence-electron chi connectivity index (χ1n) is 5.47. The summed E-state index contributed by atoms with van der Waals surface area (Å²) in [7, 11) is 0. The van der Waals surface area contributed by atoms with Gasteiger partial charge in [-0.25, -0.2) is 0 Å². The van der Waals surface area contributed by atoms with E-state index in [9.17, 15) is 4.79 Å². The van der Waals surface area contributed by atoms with Gasteiger partial charge in [-0.2, -0.15) is 0 Å². The van der Waals surface area contributed by atoms with Crippen LogP contribution in [0.4, 0.5) is 0 Å². The van der Waals surface area contributed by atoms with Gasteiger partial charge >= 0.3 is 120 Å². The second-order valence-corrected chi connectivity index (χ2v) is 5.32. The van der Waals surface area contributed by atoms with Gasteiger partial charge in [0.25, 0.3) is 0 Å². The number of nitrogens with one attached hydrogen (secondary N) is 1. The van der Waals surface area contributed by atoms with Crippen molar-refractivity contribution in [1.29, 1.82) is 0 Å². The normalized spacial score (nSPS) is 10.1. The number of hydrogen-bond acceptors (Lipinski definition) is 1. The van der Waals surface area contributed by atoms with Crippen LogP contribution in [0.25, 0.3) is 0 Å². The van der Waals surface area contributed by atoms with Crippen molar-refractivity contribution in [3.8, 4) is 0 Å². The van der Waals surface area contributed by atoms with Gasteiger partial charge in [-0.1, -0.05) is 0 Å². The fraction of sp³-hybridized carbons (Fsp3) is 0.0714. The Hall–Kier alpha value is -1.24. The summed E-state index contributed by atoms with van der Waals surface area (Å²) in [6.45, 7) is 0.432. The molecular weight excluding hydrogens is 309 g/mol. The van der Waals surface area contributed by atoms with Crippen LogP contribution >= 0.6 is 11.6 Å². The topological polar surface area (TPSA) is 29.1 Å². The molecule has 4 heteroatoms. The maximum atomic E-state index is 11.9. The van der Waals surface area contributed by atoms with Crippen LogP contribution in [0.15, 0.2) is 48.5 Å². The first kappa shape index (κ1) is 13.2. The van der Waals surface area contributed by atoms with Crippen molar-refractivity contribution >= 4 is 38.7 Å². The number of carbonyl (C=O) groups excluding carboxylic acids is 1. The third kappa shape index (κ3) is 3.38. The standard InChI is InChI=1S/C14H11AsClNO/c15-12-6-3-5-10(8-12)14(18)17-9-11-4-1-2-7-13(11)16/h1-8H,9H2,(H,17,18). The van der Waals surface area contributed by atoms with E-state index in [2.05, 4.69) is 22.2 Å². The Labute approximate surface area is 120 Å². The van der Waals surface area contributed by atoms with Gasteiger partial charge in [0.2, 0.25) is 0 Å². The van der Waals surface area contributed by atoms with Gasteiger partial charge in [0.05, 0.1) is 0 Å². The second-order valence-electron chi connectivity index (χ2n) is 3.82.